The molecule has 2 amide bonds. The molecular formula is C15H20F8N2O4. The average molecular weight is 444 g/mol. The quantitative estimate of drug-likeness (QED) is 0.421. The first-order valence-corrected chi connectivity index (χ1v) is 8.36. The Morgan fingerprint density at radius 1 is 1.03 bits per heavy atom. The van der Waals surface area contributed by atoms with Crippen LogP contribution < -0.4 is 10.6 Å². The molecule has 0 aromatic heterocycles. The topological polar surface area (TPSA) is 98.7 Å². The van der Waals surface area contributed by atoms with Gasteiger partial charge >= 0.3 is 36.9 Å². The van der Waals surface area contributed by atoms with Gasteiger partial charge in [0.2, 0.25) is 0 Å². The first kappa shape index (κ1) is 25.0. The molecule has 0 spiro atoms. The van der Waals surface area contributed by atoms with Crippen molar-refractivity contribution < 1.29 is 54.9 Å². The summed E-state index contributed by atoms with van der Waals surface area (Å²) >= 11 is 0. The molecule has 0 aliphatic heterocycles. The standard InChI is InChI=1S/C15H20F8N2O4/c1-6-2-3-13(25-12(28)29,5-15(22,23)10(18)19)7(8(6)24-11(26)27)4-14(20,21)9(16)17/h6-10,24-25H,2-5H2,1H3,(H,26,27)(H,28,29). The van der Waals surface area contributed by atoms with Gasteiger partial charge in [-0.25, -0.2) is 44.7 Å². The fourth-order valence-corrected chi connectivity index (χ4v) is 3.81. The molecule has 0 saturated heterocycles. The van der Waals surface area contributed by atoms with Crippen LogP contribution in [-0.2, 0) is 0 Å². The van der Waals surface area contributed by atoms with E-state index in [0.717, 1.165) is 0 Å². The van der Waals surface area contributed by atoms with Gasteiger partial charge in [0, 0.05) is 24.8 Å². The highest BCUT2D eigenvalue weighted by molar-refractivity contribution is 5.66. The highest BCUT2D eigenvalue weighted by atomic mass is 19.3. The van der Waals surface area contributed by atoms with Crippen molar-refractivity contribution in [2.75, 3.05) is 0 Å². The van der Waals surface area contributed by atoms with E-state index < -0.39 is 79.6 Å². The summed E-state index contributed by atoms with van der Waals surface area (Å²) in [7, 11) is 0. The van der Waals surface area contributed by atoms with Crippen LogP contribution in [0.5, 0.6) is 0 Å². The van der Waals surface area contributed by atoms with Crippen molar-refractivity contribution in [1.29, 1.82) is 0 Å². The molecule has 6 nitrogen and oxygen atoms in total. The maximum absolute atomic E-state index is 13.8. The van der Waals surface area contributed by atoms with Gasteiger partial charge in [0.05, 0.1) is 5.54 Å². The summed E-state index contributed by atoms with van der Waals surface area (Å²) in [6.07, 6.45) is -17.2. The van der Waals surface area contributed by atoms with E-state index >= 15 is 0 Å². The fraction of sp³-hybridized carbons (Fsp3) is 0.867. The van der Waals surface area contributed by atoms with E-state index in [2.05, 4.69) is 0 Å². The van der Waals surface area contributed by atoms with Crippen molar-refractivity contribution in [3.63, 3.8) is 0 Å². The molecule has 4 N–H and O–H groups in total. The fourth-order valence-electron chi connectivity index (χ4n) is 3.81. The second-order valence-electron chi connectivity index (χ2n) is 7.19. The van der Waals surface area contributed by atoms with Crippen LogP contribution in [0.25, 0.3) is 0 Å². The molecular weight excluding hydrogens is 424 g/mol. The first-order valence-electron chi connectivity index (χ1n) is 8.36. The van der Waals surface area contributed by atoms with Crippen LogP contribution in [0.1, 0.15) is 32.6 Å². The van der Waals surface area contributed by atoms with E-state index in [1.807, 2.05) is 0 Å². The third-order valence-corrected chi connectivity index (χ3v) is 5.13. The van der Waals surface area contributed by atoms with Gasteiger partial charge in [0.15, 0.2) is 0 Å². The number of hydrogen-bond donors (Lipinski definition) is 4. The average Bonchev–Trinajstić information content (AvgIpc) is 2.52. The van der Waals surface area contributed by atoms with Crippen LogP contribution in [0.15, 0.2) is 0 Å². The highest BCUT2D eigenvalue weighted by Gasteiger charge is 2.59. The molecule has 29 heavy (non-hydrogen) atoms. The van der Waals surface area contributed by atoms with Gasteiger partial charge in [0.25, 0.3) is 0 Å². The molecule has 1 fully saturated rings. The number of rotatable bonds is 8. The van der Waals surface area contributed by atoms with Gasteiger partial charge in [-0.05, 0) is 18.8 Å². The van der Waals surface area contributed by atoms with Gasteiger partial charge in [-0.2, -0.15) is 0 Å². The van der Waals surface area contributed by atoms with Gasteiger partial charge in [-0.1, -0.05) is 6.92 Å². The predicted molar refractivity (Wildman–Crippen MR) is 81.9 cm³/mol. The highest BCUT2D eigenvalue weighted by Crippen LogP contribution is 2.49. The summed E-state index contributed by atoms with van der Waals surface area (Å²) < 4.78 is 106. The molecule has 1 aliphatic carbocycles. The van der Waals surface area contributed by atoms with Crippen molar-refractivity contribution in [1.82, 2.24) is 10.6 Å². The lowest BCUT2D eigenvalue weighted by Gasteiger charge is -2.51. The molecule has 14 heteroatoms. The summed E-state index contributed by atoms with van der Waals surface area (Å²) in [5, 5.41) is 21.2. The van der Waals surface area contributed by atoms with E-state index in [4.69, 9.17) is 10.2 Å². The van der Waals surface area contributed by atoms with Gasteiger partial charge in [-0.15, -0.1) is 0 Å². The Labute approximate surface area is 159 Å². The number of halogens is 8. The minimum absolute atomic E-state index is 0.221. The number of carboxylic acid groups (broad SMARTS) is 2. The maximum atomic E-state index is 13.8. The lowest BCUT2D eigenvalue weighted by Crippen LogP contribution is -2.67. The molecule has 1 aliphatic rings. The van der Waals surface area contributed by atoms with Crippen LogP contribution in [-0.4, -0.2) is 58.7 Å². The minimum Gasteiger partial charge on any atom is -0.465 e. The summed E-state index contributed by atoms with van der Waals surface area (Å²) in [5.41, 5.74) is -2.70. The Kier molecular flexibility index (Phi) is 7.57. The zero-order valence-corrected chi connectivity index (χ0v) is 14.9. The Hall–Kier alpha value is -2.02. The number of nitrogens with one attached hydrogen (secondary N) is 2. The number of carbonyl (C=O) groups is 2. The van der Waals surface area contributed by atoms with Gasteiger partial charge in [0.1, 0.15) is 0 Å². The Balaban J connectivity index is 3.55. The Bertz CT molecular complexity index is 607. The minimum atomic E-state index is -4.85. The smallest absolute Gasteiger partial charge is 0.405 e. The van der Waals surface area contributed by atoms with Crippen LogP contribution in [0.3, 0.4) is 0 Å². The number of alkyl halides is 8. The first-order chi connectivity index (χ1) is 13.0. The van der Waals surface area contributed by atoms with Crippen molar-refractivity contribution in [2.45, 2.75) is 68.9 Å². The largest absolute Gasteiger partial charge is 0.465 e. The third-order valence-electron chi connectivity index (χ3n) is 5.13. The molecule has 0 bridgehead atoms. The molecule has 1 saturated carbocycles. The predicted octanol–water partition coefficient (Wildman–Crippen LogP) is 4.26. The normalized spacial score (nSPS) is 28.4. The lowest BCUT2D eigenvalue weighted by atomic mass is 9.62. The zero-order chi connectivity index (χ0) is 22.8. The van der Waals surface area contributed by atoms with Crippen molar-refractivity contribution in [3.8, 4) is 0 Å². The summed E-state index contributed by atoms with van der Waals surface area (Å²) in [5.74, 6) is -12.7. The monoisotopic (exact) mass is 444 g/mol. The van der Waals surface area contributed by atoms with E-state index in [-0.39, 0.29) is 6.42 Å². The van der Waals surface area contributed by atoms with E-state index in [1.54, 1.807) is 5.32 Å². The summed E-state index contributed by atoms with van der Waals surface area (Å²) in [6.45, 7) is 1.31. The van der Waals surface area contributed by atoms with Gasteiger partial charge < -0.3 is 20.8 Å². The van der Waals surface area contributed by atoms with Crippen LogP contribution >= 0.6 is 0 Å². The second-order valence-corrected chi connectivity index (χ2v) is 7.19. The van der Waals surface area contributed by atoms with Crippen LogP contribution in [0.2, 0.25) is 0 Å². The molecule has 0 aromatic rings. The van der Waals surface area contributed by atoms with Crippen molar-refractivity contribution in [3.05, 3.63) is 0 Å². The van der Waals surface area contributed by atoms with E-state index in [9.17, 15) is 44.7 Å². The van der Waals surface area contributed by atoms with Crippen molar-refractivity contribution in [2.24, 2.45) is 11.8 Å². The third kappa shape index (κ3) is 5.98. The Morgan fingerprint density at radius 3 is 1.97 bits per heavy atom. The molecule has 1 rings (SSSR count). The Morgan fingerprint density at radius 2 is 1.55 bits per heavy atom. The SMILES string of the molecule is CC1CCC(CC(F)(F)C(F)F)(NC(=O)O)C(CC(F)(F)C(F)F)C1NC(=O)O. The molecule has 4 atom stereocenters. The second kappa shape index (κ2) is 8.78. The zero-order valence-electron chi connectivity index (χ0n) is 14.9. The molecule has 0 aromatic carbocycles. The molecule has 0 radical (unpaired) electrons. The summed E-state index contributed by atoms with van der Waals surface area (Å²) in [6, 6.07) is -1.67. The number of amides is 2. The maximum Gasteiger partial charge on any atom is 0.405 e. The van der Waals surface area contributed by atoms with Crippen LogP contribution in [0, 0.1) is 11.8 Å². The van der Waals surface area contributed by atoms with E-state index in [1.165, 1.54) is 12.2 Å². The van der Waals surface area contributed by atoms with Crippen LogP contribution in [0.4, 0.5) is 44.7 Å². The molecule has 0 heterocycles. The molecule has 170 valence electrons. The molecule has 4 unspecified atom stereocenters. The lowest BCUT2D eigenvalue weighted by molar-refractivity contribution is -0.175. The number of hydrogen-bond acceptors (Lipinski definition) is 2. The van der Waals surface area contributed by atoms with Gasteiger partial charge in [-0.3, -0.25) is 0 Å². The van der Waals surface area contributed by atoms with Crippen molar-refractivity contribution >= 4 is 12.2 Å². The summed E-state index contributed by atoms with van der Waals surface area (Å²) in [4.78, 5) is 22.2. The van der Waals surface area contributed by atoms with E-state index in [0.29, 0.717) is 0 Å².